The fourth-order valence-corrected chi connectivity index (χ4v) is 2.75. The molecule has 0 saturated carbocycles. The van der Waals surface area contributed by atoms with E-state index in [1.165, 1.54) is 12.0 Å². The number of aryl methyl sites for hydroxylation is 1. The molecule has 0 N–H and O–H groups in total. The Balaban J connectivity index is 1.47. The lowest BCUT2D eigenvalue weighted by Gasteiger charge is -2.25. The maximum absolute atomic E-state index is 12.0. The Labute approximate surface area is 125 Å². The second-order valence-electron chi connectivity index (χ2n) is 5.51. The molecule has 2 heterocycles. The average Bonchev–Trinajstić information content (AvgIpc) is 3.00. The monoisotopic (exact) mass is 287 g/mol. The van der Waals surface area contributed by atoms with E-state index in [4.69, 9.17) is 9.47 Å². The molecule has 2 aliphatic heterocycles. The first-order valence-electron chi connectivity index (χ1n) is 7.67. The van der Waals surface area contributed by atoms with Crippen molar-refractivity contribution in [2.24, 2.45) is 0 Å². The van der Waals surface area contributed by atoms with Crippen LogP contribution < -0.4 is 9.47 Å². The lowest BCUT2D eigenvalue weighted by atomic mass is 10.1. The van der Waals surface area contributed by atoms with Gasteiger partial charge in [0.05, 0.1) is 0 Å². The van der Waals surface area contributed by atoms with E-state index in [-0.39, 0.29) is 5.91 Å². The summed E-state index contributed by atoms with van der Waals surface area (Å²) in [4.78, 5) is 13.9. The summed E-state index contributed by atoms with van der Waals surface area (Å²) in [6.07, 6.45) is 8.98. The van der Waals surface area contributed by atoms with Gasteiger partial charge in [-0.05, 0) is 55.9 Å². The van der Waals surface area contributed by atoms with Gasteiger partial charge in [-0.3, -0.25) is 4.79 Å². The third-order valence-corrected chi connectivity index (χ3v) is 3.96. The minimum Gasteiger partial charge on any atom is -0.454 e. The molecule has 0 radical (unpaired) electrons. The Kier molecular flexibility index (Phi) is 4.43. The van der Waals surface area contributed by atoms with Crippen molar-refractivity contribution in [3.8, 4) is 11.5 Å². The molecule has 112 valence electrons. The minimum absolute atomic E-state index is 0.153. The highest BCUT2D eigenvalue weighted by Crippen LogP contribution is 2.32. The normalized spacial score (nSPS) is 17.4. The van der Waals surface area contributed by atoms with Gasteiger partial charge in [0.1, 0.15) is 0 Å². The molecule has 21 heavy (non-hydrogen) atoms. The Morgan fingerprint density at radius 2 is 1.95 bits per heavy atom. The van der Waals surface area contributed by atoms with Crippen LogP contribution in [-0.2, 0) is 11.2 Å². The van der Waals surface area contributed by atoms with Crippen molar-refractivity contribution in [1.82, 2.24) is 4.90 Å². The van der Waals surface area contributed by atoms with Crippen LogP contribution >= 0.6 is 0 Å². The standard InChI is InChI=1S/C17H21NO3/c19-17(18-10-4-1-5-11-18)7-3-2-6-14-8-9-15-16(12-14)21-13-20-15/h3,7-9,12H,1-2,4-6,10-11,13H2. The predicted octanol–water partition coefficient (Wildman–Crippen LogP) is 2.92. The first kappa shape index (κ1) is 14.0. The Bertz CT molecular complexity index is 533. The molecule has 0 bridgehead atoms. The zero-order valence-corrected chi connectivity index (χ0v) is 12.2. The topological polar surface area (TPSA) is 38.8 Å². The highest BCUT2D eigenvalue weighted by molar-refractivity contribution is 5.87. The zero-order chi connectivity index (χ0) is 14.5. The predicted molar refractivity (Wildman–Crippen MR) is 80.5 cm³/mol. The summed E-state index contributed by atoms with van der Waals surface area (Å²) in [5.74, 6) is 1.79. The number of likely N-dealkylation sites (tertiary alicyclic amines) is 1. The smallest absolute Gasteiger partial charge is 0.246 e. The summed E-state index contributed by atoms with van der Waals surface area (Å²) >= 11 is 0. The van der Waals surface area contributed by atoms with Crippen molar-refractivity contribution in [2.75, 3.05) is 19.9 Å². The molecular weight excluding hydrogens is 266 g/mol. The molecule has 4 heteroatoms. The number of hydrogen-bond donors (Lipinski definition) is 0. The SMILES string of the molecule is O=C(C=CCCc1ccc2c(c1)OCO2)N1CCCCC1. The van der Waals surface area contributed by atoms with Crippen LogP contribution in [0, 0.1) is 0 Å². The largest absolute Gasteiger partial charge is 0.454 e. The second kappa shape index (κ2) is 6.66. The van der Waals surface area contributed by atoms with Crippen molar-refractivity contribution in [2.45, 2.75) is 32.1 Å². The van der Waals surface area contributed by atoms with Gasteiger partial charge in [0.25, 0.3) is 0 Å². The number of ether oxygens (including phenoxy) is 2. The van der Waals surface area contributed by atoms with Gasteiger partial charge in [-0.2, -0.15) is 0 Å². The minimum atomic E-state index is 0.153. The van der Waals surface area contributed by atoms with E-state index in [1.807, 2.05) is 29.2 Å². The van der Waals surface area contributed by atoms with E-state index in [2.05, 4.69) is 0 Å². The lowest BCUT2D eigenvalue weighted by molar-refractivity contribution is -0.126. The quantitative estimate of drug-likeness (QED) is 0.799. The maximum atomic E-state index is 12.0. The third-order valence-electron chi connectivity index (χ3n) is 3.96. The van der Waals surface area contributed by atoms with Gasteiger partial charge in [-0.25, -0.2) is 0 Å². The van der Waals surface area contributed by atoms with E-state index in [9.17, 15) is 4.79 Å². The van der Waals surface area contributed by atoms with E-state index >= 15 is 0 Å². The van der Waals surface area contributed by atoms with Crippen LogP contribution in [0.3, 0.4) is 0 Å². The highest BCUT2D eigenvalue weighted by Gasteiger charge is 2.14. The number of fused-ring (bicyclic) bond motifs is 1. The molecule has 4 nitrogen and oxygen atoms in total. The third kappa shape index (κ3) is 3.57. The summed E-state index contributed by atoms with van der Waals surface area (Å²) in [6, 6.07) is 6.01. The number of carbonyl (C=O) groups excluding carboxylic acids is 1. The molecule has 0 atom stereocenters. The molecule has 0 aliphatic carbocycles. The number of rotatable bonds is 4. The van der Waals surface area contributed by atoms with Crippen LogP contribution in [0.2, 0.25) is 0 Å². The van der Waals surface area contributed by atoms with Crippen LogP contribution in [-0.4, -0.2) is 30.7 Å². The number of carbonyl (C=O) groups is 1. The molecule has 1 amide bonds. The van der Waals surface area contributed by atoms with Crippen LogP contribution in [0.4, 0.5) is 0 Å². The molecular formula is C17H21NO3. The fraction of sp³-hybridized carbons (Fsp3) is 0.471. The van der Waals surface area contributed by atoms with Crippen LogP contribution in [0.15, 0.2) is 30.4 Å². The Morgan fingerprint density at radius 1 is 1.14 bits per heavy atom. The van der Waals surface area contributed by atoms with Crippen LogP contribution in [0.25, 0.3) is 0 Å². The van der Waals surface area contributed by atoms with E-state index < -0.39 is 0 Å². The van der Waals surface area contributed by atoms with E-state index in [0.29, 0.717) is 6.79 Å². The van der Waals surface area contributed by atoms with Crippen molar-refractivity contribution in [3.63, 3.8) is 0 Å². The summed E-state index contributed by atoms with van der Waals surface area (Å²) in [5, 5.41) is 0. The first-order valence-corrected chi connectivity index (χ1v) is 7.67. The van der Waals surface area contributed by atoms with E-state index in [0.717, 1.165) is 50.3 Å². The number of allylic oxidation sites excluding steroid dienone is 1. The lowest BCUT2D eigenvalue weighted by Crippen LogP contribution is -2.34. The number of nitrogens with zero attached hydrogens (tertiary/aromatic N) is 1. The molecule has 0 spiro atoms. The summed E-state index contributed by atoms with van der Waals surface area (Å²) < 4.78 is 10.7. The molecule has 3 rings (SSSR count). The average molecular weight is 287 g/mol. The zero-order valence-electron chi connectivity index (χ0n) is 12.2. The second-order valence-corrected chi connectivity index (χ2v) is 5.51. The summed E-state index contributed by atoms with van der Waals surface area (Å²) in [5.41, 5.74) is 1.20. The highest BCUT2D eigenvalue weighted by atomic mass is 16.7. The van der Waals surface area contributed by atoms with Crippen molar-refractivity contribution >= 4 is 5.91 Å². The van der Waals surface area contributed by atoms with Crippen molar-refractivity contribution in [3.05, 3.63) is 35.9 Å². The van der Waals surface area contributed by atoms with Gasteiger partial charge in [-0.1, -0.05) is 12.1 Å². The van der Waals surface area contributed by atoms with Crippen molar-refractivity contribution < 1.29 is 14.3 Å². The van der Waals surface area contributed by atoms with Crippen LogP contribution in [0.1, 0.15) is 31.2 Å². The van der Waals surface area contributed by atoms with Gasteiger partial charge in [-0.15, -0.1) is 0 Å². The number of amides is 1. The van der Waals surface area contributed by atoms with Gasteiger partial charge < -0.3 is 14.4 Å². The Morgan fingerprint density at radius 3 is 2.81 bits per heavy atom. The van der Waals surface area contributed by atoms with Crippen LogP contribution in [0.5, 0.6) is 11.5 Å². The molecule has 1 fully saturated rings. The molecule has 0 aromatic heterocycles. The first-order chi connectivity index (χ1) is 10.3. The Hall–Kier alpha value is -1.97. The van der Waals surface area contributed by atoms with Gasteiger partial charge in [0, 0.05) is 13.1 Å². The number of piperidine rings is 1. The van der Waals surface area contributed by atoms with Gasteiger partial charge in [0.2, 0.25) is 12.7 Å². The van der Waals surface area contributed by atoms with Gasteiger partial charge in [0.15, 0.2) is 11.5 Å². The van der Waals surface area contributed by atoms with Gasteiger partial charge >= 0.3 is 0 Å². The summed E-state index contributed by atoms with van der Waals surface area (Å²) in [7, 11) is 0. The molecule has 0 unspecified atom stereocenters. The fourth-order valence-electron chi connectivity index (χ4n) is 2.75. The molecule has 1 aromatic carbocycles. The number of hydrogen-bond acceptors (Lipinski definition) is 3. The number of benzene rings is 1. The van der Waals surface area contributed by atoms with E-state index in [1.54, 1.807) is 6.08 Å². The maximum Gasteiger partial charge on any atom is 0.246 e. The summed E-state index contributed by atoms with van der Waals surface area (Å²) in [6.45, 7) is 2.12. The molecule has 1 saturated heterocycles. The molecule has 1 aromatic rings. The van der Waals surface area contributed by atoms with Crippen molar-refractivity contribution in [1.29, 1.82) is 0 Å². The molecule has 2 aliphatic rings.